The van der Waals surface area contributed by atoms with Crippen LogP contribution in [0.2, 0.25) is 0 Å². The minimum atomic E-state index is -0.308. The van der Waals surface area contributed by atoms with Gasteiger partial charge in [0.2, 0.25) is 0 Å². The Morgan fingerprint density at radius 3 is 2.58 bits per heavy atom. The predicted octanol–water partition coefficient (Wildman–Crippen LogP) is 3.77. The number of carbonyl (C=O) groups excluding carboxylic acids is 2. The lowest BCUT2D eigenvalue weighted by Gasteiger charge is -2.61. The molecule has 8 atom stereocenters. The summed E-state index contributed by atoms with van der Waals surface area (Å²) < 4.78 is 0. The Kier molecular flexibility index (Phi) is 3.77. The summed E-state index contributed by atoms with van der Waals surface area (Å²) in [7, 11) is 0. The molecule has 1 N–H and O–H groups in total. The van der Waals surface area contributed by atoms with Gasteiger partial charge in [-0.05, 0) is 80.0 Å². The second kappa shape index (κ2) is 5.40. The van der Waals surface area contributed by atoms with Crippen molar-refractivity contribution in [3.8, 4) is 0 Å². The van der Waals surface area contributed by atoms with E-state index in [4.69, 9.17) is 0 Å². The van der Waals surface area contributed by atoms with Gasteiger partial charge in [-0.1, -0.05) is 13.8 Å². The number of hydrogen-bond acceptors (Lipinski definition) is 3. The fourth-order valence-electron chi connectivity index (χ4n) is 7.84. The third-order valence-corrected chi connectivity index (χ3v) is 8.90. The van der Waals surface area contributed by atoms with E-state index in [-0.39, 0.29) is 22.9 Å². The van der Waals surface area contributed by atoms with Crippen LogP contribution in [0.4, 0.5) is 0 Å². The summed E-state index contributed by atoms with van der Waals surface area (Å²) in [6, 6.07) is 0. The largest absolute Gasteiger partial charge is 0.393 e. The van der Waals surface area contributed by atoms with Crippen LogP contribution in [0, 0.1) is 40.4 Å². The lowest BCUT2D eigenvalue weighted by molar-refractivity contribution is -0.173. The Labute approximate surface area is 145 Å². The molecule has 134 valence electrons. The summed E-state index contributed by atoms with van der Waals surface area (Å²) in [5, 5.41) is 11.2. The highest BCUT2D eigenvalue weighted by Crippen LogP contribution is 2.67. The quantitative estimate of drug-likeness (QED) is 0.795. The Bertz CT molecular complexity index is 569. The lowest BCUT2D eigenvalue weighted by atomic mass is 9.44. The Morgan fingerprint density at radius 1 is 1.12 bits per heavy atom. The SMILES string of the molecule is CC(=O)[C@H]1CC[C@H]2[C@@H]3CCC4CC(=O)CC[C@]4(C)[C@H]3C(O)C[C@]12C. The van der Waals surface area contributed by atoms with E-state index in [0.29, 0.717) is 41.7 Å². The Balaban J connectivity index is 1.68. The van der Waals surface area contributed by atoms with Crippen molar-refractivity contribution < 1.29 is 14.7 Å². The number of hydrogen-bond donors (Lipinski definition) is 1. The second-order valence-electron chi connectivity index (χ2n) is 9.84. The molecule has 4 fully saturated rings. The summed E-state index contributed by atoms with van der Waals surface area (Å²) in [5.41, 5.74) is 0.103. The van der Waals surface area contributed by atoms with Gasteiger partial charge in [0, 0.05) is 18.8 Å². The van der Waals surface area contributed by atoms with Crippen molar-refractivity contribution in [3.05, 3.63) is 0 Å². The van der Waals surface area contributed by atoms with Gasteiger partial charge in [-0.15, -0.1) is 0 Å². The van der Waals surface area contributed by atoms with Crippen LogP contribution in [0.1, 0.15) is 72.1 Å². The topological polar surface area (TPSA) is 54.4 Å². The predicted molar refractivity (Wildman–Crippen MR) is 92.3 cm³/mol. The highest BCUT2D eigenvalue weighted by molar-refractivity contribution is 5.80. The number of Topliss-reactive ketones (excluding diaryl/α,β-unsaturated/α-hetero) is 2. The maximum atomic E-state index is 12.2. The zero-order valence-corrected chi connectivity index (χ0v) is 15.4. The first-order chi connectivity index (χ1) is 11.3. The maximum absolute atomic E-state index is 12.2. The van der Waals surface area contributed by atoms with Crippen LogP contribution in [-0.2, 0) is 9.59 Å². The molecule has 0 aromatic heterocycles. The maximum Gasteiger partial charge on any atom is 0.133 e. The number of aliphatic hydroxyl groups excluding tert-OH is 1. The zero-order chi connectivity index (χ0) is 17.3. The zero-order valence-electron chi connectivity index (χ0n) is 15.4. The molecule has 0 aromatic carbocycles. The molecule has 4 rings (SSSR count). The number of carbonyl (C=O) groups is 2. The fraction of sp³-hybridized carbons (Fsp3) is 0.905. The highest BCUT2D eigenvalue weighted by atomic mass is 16.3. The normalized spacial score (nSPS) is 53.9. The van der Waals surface area contributed by atoms with Crippen molar-refractivity contribution in [2.75, 3.05) is 0 Å². The molecule has 3 heteroatoms. The van der Waals surface area contributed by atoms with Crippen LogP contribution in [0.25, 0.3) is 0 Å². The van der Waals surface area contributed by atoms with Gasteiger partial charge >= 0.3 is 0 Å². The molecule has 0 aliphatic heterocycles. The molecule has 4 aliphatic carbocycles. The average Bonchev–Trinajstić information content (AvgIpc) is 2.84. The van der Waals surface area contributed by atoms with Crippen LogP contribution in [0.3, 0.4) is 0 Å². The fourth-order valence-corrected chi connectivity index (χ4v) is 7.84. The van der Waals surface area contributed by atoms with Crippen molar-refractivity contribution in [1.82, 2.24) is 0 Å². The van der Waals surface area contributed by atoms with Crippen LogP contribution >= 0.6 is 0 Å². The molecule has 0 saturated heterocycles. The summed E-state index contributed by atoms with van der Waals surface area (Å²) in [6.07, 6.45) is 7.27. The minimum Gasteiger partial charge on any atom is -0.393 e. The monoisotopic (exact) mass is 332 g/mol. The van der Waals surface area contributed by atoms with E-state index in [1.807, 2.05) is 0 Å². The first-order valence-corrected chi connectivity index (χ1v) is 9.97. The van der Waals surface area contributed by atoms with Gasteiger partial charge in [0.15, 0.2) is 0 Å². The van der Waals surface area contributed by atoms with Crippen LogP contribution in [0.5, 0.6) is 0 Å². The first-order valence-electron chi connectivity index (χ1n) is 9.97. The summed E-state index contributed by atoms with van der Waals surface area (Å²) in [6.45, 7) is 6.36. The molecule has 0 amide bonds. The molecule has 0 bridgehead atoms. The number of rotatable bonds is 1. The Hall–Kier alpha value is -0.700. The molecule has 0 heterocycles. The van der Waals surface area contributed by atoms with Gasteiger partial charge < -0.3 is 5.11 Å². The van der Waals surface area contributed by atoms with Crippen molar-refractivity contribution in [3.63, 3.8) is 0 Å². The van der Waals surface area contributed by atoms with Crippen molar-refractivity contribution >= 4 is 11.6 Å². The standard InChI is InChI=1S/C21H32O3/c1-12(22)16-6-7-17-15-5-4-13-10-14(23)8-9-20(13,2)19(15)18(24)11-21(16,17)3/h13,15-19,24H,4-11H2,1-3H3/t13?,15-,16+,17-,18?,19+,20-,21+/m0/s1. The molecule has 4 saturated carbocycles. The third-order valence-electron chi connectivity index (χ3n) is 8.90. The molecule has 0 spiro atoms. The average molecular weight is 332 g/mol. The van der Waals surface area contributed by atoms with E-state index in [2.05, 4.69) is 13.8 Å². The van der Waals surface area contributed by atoms with Gasteiger partial charge in [0.25, 0.3) is 0 Å². The van der Waals surface area contributed by atoms with E-state index in [0.717, 1.165) is 44.9 Å². The Morgan fingerprint density at radius 2 is 1.88 bits per heavy atom. The second-order valence-corrected chi connectivity index (χ2v) is 9.84. The first kappa shape index (κ1) is 16.8. The van der Waals surface area contributed by atoms with Gasteiger partial charge in [-0.2, -0.15) is 0 Å². The minimum absolute atomic E-state index is 0.0138. The van der Waals surface area contributed by atoms with E-state index < -0.39 is 0 Å². The lowest BCUT2D eigenvalue weighted by Crippen LogP contribution is -2.59. The highest BCUT2D eigenvalue weighted by Gasteiger charge is 2.63. The number of fused-ring (bicyclic) bond motifs is 5. The van der Waals surface area contributed by atoms with E-state index in [1.165, 1.54) is 0 Å². The van der Waals surface area contributed by atoms with E-state index in [1.54, 1.807) is 6.92 Å². The molecule has 2 unspecified atom stereocenters. The van der Waals surface area contributed by atoms with Crippen LogP contribution in [-0.4, -0.2) is 22.8 Å². The summed E-state index contributed by atoms with van der Waals surface area (Å²) >= 11 is 0. The number of aliphatic hydroxyl groups is 1. The van der Waals surface area contributed by atoms with Crippen LogP contribution < -0.4 is 0 Å². The van der Waals surface area contributed by atoms with Crippen LogP contribution in [0.15, 0.2) is 0 Å². The van der Waals surface area contributed by atoms with Crippen molar-refractivity contribution in [2.24, 2.45) is 40.4 Å². The molecular formula is C21H32O3. The summed E-state index contributed by atoms with van der Waals surface area (Å²) in [4.78, 5) is 24.1. The molecular weight excluding hydrogens is 300 g/mol. The van der Waals surface area contributed by atoms with E-state index >= 15 is 0 Å². The smallest absolute Gasteiger partial charge is 0.133 e. The molecule has 4 aliphatic rings. The molecule has 24 heavy (non-hydrogen) atoms. The molecule has 0 radical (unpaired) electrons. The van der Waals surface area contributed by atoms with Gasteiger partial charge in [0.1, 0.15) is 11.6 Å². The third kappa shape index (κ3) is 2.12. The van der Waals surface area contributed by atoms with E-state index in [9.17, 15) is 14.7 Å². The summed E-state index contributed by atoms with van der Waals surface area (Å²) in [5.74, 6) is 2.78. The van der Waals surface area contributed by atoms with Crippen molar-refractivity contribution in [2.45, 2.75) is 78.2 Å². The number of ketones is 2. The van der Waals surface area contributed by atoms with Gasteiger partial charge in [-0.25, -0.2) is 0 Å². The van der Waals surface area contributed by atoms with Gasteiger partial charge in [0.05, 0.1) is 6.10 Å². The molecule has 0 aromatic rings. The molecule has 3 nitrogen and oxygen atoms in total. The van der Waals surface area contributed by atoms with Crippen molar-refractivity contribution in [1.29, 1.82) is 0 Å². The van der Waals surface area contributed by atoms with Gasteiger partial charge in [-0.3, -0.25) is 9.59 Å².